The molecule has 0 radical (unpaired) electrons. The zero-order valence-corrected chi connectivity index (χ0v) is 19.9. The van der Waals surface area contributed by atoms with Gasteiger partial charge in [0.2, 0.25) is 5.82 Å². The van der Waals surface area contributed by atoms with Crippen molar-refractivity contribution in [1.29, 1.82) is 0 Å². The summed E-state index contributed by atoms with van der Waals surface area (Å²) in [5.74, 6) is -3.18. The minimum atomic E-state index is -1.90. The van der Waals surface area contributed by atoms with Crippen LogP contribution in [0.4, 0.5) is 4.39 Å². The number of hydrogen-bond donors (Lipinski definition) is 4. The summed E-state index contributed by atoms with van der Waals surface area (Å²) in [4.78, 5) is 39.0. The molecule has 1 heterocycles. The maximum Gasteiger partial charge on any atom is 0.348 e. The van der Waals surface area contributed by atoms with Gasteiger partial charge in [0.15, 0.2) is 6.10 Å². The highest BCUT2D eigenvalue weighted by atomic mass is 35.5. The van der Waals surface area contributed by atoms with Crippen molar-refractivity contribution in [3.05, 3.63) is 106 Å². The van der Waals surface area contributed by atoms with Gasteiger partial charge >= 0.3 is 17.6 Å². The van der Waals surface area contributed by atoms with Gasteiger partial charge < -0.3 is 10.2 Å². The van der Waals surface area contributed by atoms with Crippen LogP contribution in [-0.4, -0.2) is 54.5 Å². The van der Waals surface area contributed by atoms with E-state index in [4.69, 9.17) is 16.7 Å². The highest BCUT2D eigenvalue weighted by molar-refractivity contribution is 6.30. The number of H-pyrrole nitrogens is 1. The second kappa shape index (κ2) is 11.2. The van der Waals surface area contributed by atoms with Crippen molar-refractivity contribution in [3.63, 3.8) is 0 Å². The third kappa shape index (κ3) is 6.09. The van der Waals surface area contributed by atoms with E-state index in [1.165, 1.54) is 18.2 Å². The van der Waals surface area contributed by atoms with Crippen LogP contribution < -0.4 is 11.1 Å². The molecule has 0 saturated heterocycles. The summed E-state index contributed by atoms with van der Waals surface area (Å²) in [7, 11) is 0. The molecular weight excluding hydrogens is 505 g/mol. The quantitative estimate of drug-likeness (QED) is 0.246. The van der Waals surface area contributed by atoms with E-state index in [0.29, 0.717) is 27.4 Å². The minimum Gasteiger partial charge on any atom is -0.479 e. The van der Waals surface area contributed by atoms with E-state index in [1.54, 1.807) is 54.6 Å². The fourth-order valence-corrected chi connectivity index (χ4v) is 3.64. The maximum atomic E-state index is 14.2. The zero-order chi connectivity index (χ0) is 26.5. The van der Waals surface area contributed by atoms with Crippen LogP contribution in [0.15, 0.2) is 77.6 Å². The lowest BCUT2D eigenvalue weighted by atomic mass is 10.0. The Labute approximate surface area is 214 Å². The van der Waals surface area contributed by atoms with Crippen LogP contribution in [0.1, 0.15) is 16.2 Å². The summed E-state index contributed by atoms with van der Waals surface area (Å²) in [5.41, 5.74) is 4.09. The average Bonchev–Trinajstić information content (AvgIpc) is 3.29. The predicted molar refractivity (Wildman–Crippen MR) is 133 cm³/mol. The second-order valence-corrected chi connectivity index (χ2v) is 8.39. The molecule has 0 unspecified atom stereocenters. The molecule has 4 rings (SSSR count). The molecule has 0 fully saturated rings. The Morgan fingerprint density at radius 1 is 1.11 bits per heavy atom. The molecule has 1 amide bonds. The molecule has 3 aromatic carbocycles. The molecule has 37 heavy (non-hydrogen) atoms. The summed E-state index contributed by atoms with van der Waals surface area (Å²) in [6.45, 7) is -0.583. The molecule has 0 bridgehead atoms. The number of aromatic amines is 1. The Kier molecular flexibility index (Phi) is 7.77. The van der Waals surface area contributed by atoms with Crippen LogP contribution in [0.2, 0.25) is 5.02 Å². The normalized spacial score (nSPS) is 11.8. The van der Waals surface area contributed by atoms with Crippen molar-refractivity contribution in [2.75, 3.05) is 6.54 Å². The van der Waals surface area contributed by atoms with Crippen LogP contribution in [0.3, 0.4) is 0 Å². The number of halogens is 2. The third-order valence-electron chi connectivity index (χ3n) is 5.37. The molecule has 0 saturated carbocycles. The molecule has 0 aliphatic carbocycles. The Morgan fingerprint density at radius 3 is 2.49 bits per heavy atom. The van der Waals surface area contributed by atoms with E-state index < -0.39 is 36.0 Å². The number of amides is 1. The van der Waals surface area contributed by atoms with Crippen LogP contribution in [0.5, 0.6) is 0 Å². The first-order chi connectivity index (χ1) is 17.7. The van der Waals surface area contributed by atoms with Crippen molar-refractivity contribution in [3.8, 4) is 16.8 Å². The highest BCUT2D eigenvalue weighted by Gasteiger charge is 2.26. The first kappa shape index (κ1) is 25.8. The number of benzene rings is 3. The number of para-hydroxylation sites is 1. The number of nitrogens with zero attached hydrogens (tertiary/aromatic N) is 3. The van der Waals surface area contributed by atoms with E-state index in [0.717, 1.165) is 9.69 Å². The molecule has 4 aromatic rings. The van der Waals surface area contributed by atoms with Gasteiger partial charge in [-0.3, -0.25) is 14.8 Å². The maximum absolute atomic E-state index is 14.2. The Balaban J connectivity index is 1.53. The summed E-state index contributed by atoms with van der Waals surface area (Å²) in [5, 5.41) is 24.2. The minimum absolute atomic E-state index is 0.0417. The van der Waals surface area contributed by atoms with E-state index in [-0.39, 0.29) is 12.4 Å². The Hall–Kier alpha value is -4.32. The third-order valence-corrected chi connectivity index (χ3v) is 5.61. The predicted octanol–water partition coefficient (Wildman–Crippen LogP) is 2.61. The van der Waals surface area contributed by atoms with Crippen molar-refractivity contribution >= 4 is 23.5 Å². The topological polar surface area (TPSA) is 141 Å². The number of carboxylic acids is 1. The van der Waals surface area contributed by atoms with Gasteiger partial charge in [0.05, 0.1) is 12.2 Å². The largest absolute Gasteiger partial charge is 0.479 e. The van der Waals surface area contributed by atoms with E-state index in [1.807, 2.05) is 0 Å². The van der Waals surface area contributed by atoms with Gasteiger partial charge in [-0.2, -0.15) is 4.68 Å². The van der Waals surface area contributed by atoms with Crippen molar-refractivity contribution in [2.45, 2.75) is 12.6 Å². The van der Waals surface area contributed by atoms with Crippen molar-refractivity contribution in [2.24, 2.45) is 0 Å². The number of carbonyl (C=O) groups excluding carboxylic acids is 1. The lowest BCUT2D eigenvalue weighted by Crippen LogP contribution is -2.48. The number of hydrazine groups is 1. The lowest BCUT2D eigenvalue weighted by molar-refractivity contribution is -0.147. The molecule has 0 spiro atoms. The van der Waals surface area contributed by atoms with Crippen LogP contribution in [0.25, 0.3) is 16.8 Å². The number of aliphatic hydroxyl groups excluding tert-OH is 1. The average molecular weight is 526 g/mol. The van der Waals surface area contributed by atoms with Crippen LogP contribution in [0, 0.1) is 5.82 Å². The van der Waals surface area contributed by atoms with Crippen molar-refractivity contribution in [1.82, 2.24) is 25.2 Å². The summed E-state index contributed by atoms with van der Waals surface area (Å²) in [6, 6.07) is 19.3. The molecule has 1 atom stereocenters. The van der Waals surface area contributed by atoms with Crippen LogP contribution in [-0.2, 0) is 11.3 Å². The second-order valence-electron chi connectivity index (χ2n) is 7.95. The van der Waals surface area contributed by atoms with E-state index in [9.17, 15) is 23.9 Å². The number of aromatic nitrogens is 3. The molecule has 0 aliphatic heterocycles. The highest BCUT2D eigenvalue weighted by Crippen LogP contribution is 2.26. The van der Waals surface area contributed by atoms with Gasteiger partial charge in [-0.15, -0.1) is 5.10 Å². The standard InChI is InChI=1S/C25H21ClFN5O5/c26-17-10-11-20(27)19(12-17)16-8-6-15(7-9-16)13-28-31(14-21(33)24(35)36)23(34)22-29-25(37)32(30-22)18-4-2-1-3-5-18/h1-12,21,28,33H,13-14H2,(H,35,36)(H,29,30,37)/t21-/m1/s1. The zero-order valence-electron chi connectivity index (χ0n) is 19.1. The molecular formula is C25H21ClFN5O5. The number of carboxylic acid groups (broad SMARTS) is 1. The van der Waals surface area contributed by atoms with Gasteiger partial charge in [0.25, 0.3) is 0 Å². The number of hydrogen-bond acceptors (Lipinski definition) is 6. The first-order valence-corrected chi connectivity index (χ1v) is 11.4. The van der Waals surface area contributed by atoms with E-state index >= 15 is 0 Å². The molecule has 0 aliphatic rings. The fourth-order valence-electron chi connectivity index (χ4n) is 3.47. The SMILES string of the molecule is O=C(O)[C@H](O)CN(NCc1ccc(-c2cc(Cl)ccc2F)cc1)C(=O)c1nn(-c2ccccc2)c(=O)[nH]1. The Morgan fingerprint density at radius 2 is 1.81 bits per heavy atom. The van der Waals surface area contributed by atoms with Gasteiger partial charge in [-0.1, -0.05) is 54.1 Å². The number of nitrogens with one attached hydrogen (secondary N) is 2. The number of aliphatic hydroxyl groups is 1. The summed E-state index contributed by atoms with van der Waals surface area (Å²) in [6.07, 6.45) is -1.90. The number of aliphatic carboxylic acids is 1. The number of rotatable bonds is 9. The van der Waals surface area contributed by atoms with Crippen molar-refractivity contribution < 1.29 is 24.2 Å². The summed E-state index contributed by atoms with van der Waals surface area (Å²) < 4.78 is 15.2. The van der Waals surface area contributed by atoms with Gasteiger partial charge in [-0.25, -0.2) is 19.4 Å². The first-order valence-electron chi connectivity index (χ1n) is 11.0. The monoisotopic (exact) mass is 525 g/mol. The lowest BCUT2D eigenvalue weighted by Gasteiger charge is -2.23. The molecule has 10 nitrogen and oxygen atoms in total. The molecule has 190 valence electrons. The molecule has 12 heteroatoms. The van der Waals surface area contributed by atoms with Gasteiger partial charge in [0.1, 0.15) is 5.82 Å². The van der Waals surface area contributed by atoms with Gasteiger partial charge in [0, 0.05) is 17.1 Å². The fraction of sp³-hybridized carbons (Fsp3) is 0.120. The molecule has 4 N–H and O–H groups in total. The number of carbonyl (C=O) groups is 2. The smallest absolute Gasteiger partial charge is 0.348 e. The Bertz CT molecular complexity index is 1470. The van der Waals surface area contributed by atoms with E-state index in [2.05, 4.69) is 15.5 Å². The molecule has 1 aromatic heterocycles. The van der Waals surface area contributed by atoms with Gasteiger partial charge in [-0.05, 0) is 41.5 Å². The van der Waals surface area contributed by atoms with Crippen LogP contribution >= 0.6 is 11.6 Å². The summed E-state index contributed by atoms with van der Waals surface area (Å²) >= 11 is 5.97.